The fourth-order valence-corrected chi connectivity index (χ4v) is 3.55. The molecule has 0 aliphatic carbocycles. The molecule has 1 saturated heterocycles. The third-order valence-electron chi connectivity index (χ3n) is 5.31. The van der Waals surface area contributed by atoms with Crippen LogP contribution in [0.1, 0.15) is 84.0 Å². The molecule has 5 atom stereocenters. The van der Waals surface area contributed by atoms with Crippen molar-refractivity contribution in [3.63, 3.8) is 0 Å². The standard InChI is InChI=1S/C20H38O7/c1-2-3-4-5-6-7-8-9-10-11-12-15(22)13-20(26)19(25)18(24)17(23)16(14-21)27-20/h16-19,21,23-26H,2-14H2,1H3/t16-,17+,18+,19-,20-/m1/s1. The van der Waals surface area contributed by atoms with Crippen molar-refractivity contribution in [2.24, 2.45) is 0 Å². The lowest BCUT2D eigenvalue weighted by Crippen LogP contribution is -2.65. The molecule has 160 valence electrons. The smallest absolute Gasteiger partial charge is 0.202 e. The molecule has 0 aromatic rings. The molecular weight excluding hydrogens is 352 g/mol. The zero-order valence-corrected chi connectivity index (χ0v) is 16.6. The number of ketones is 1. The molecule has 0 aromatic carbocycles. The van der Waals surface area contributed by atoms with E-state index < -0.39 is 43.2 Å². The number of hydrogen-bond acceptors (Lipinski definition) is 7. The molecule has 7 nitrogen and oxygen atoms in total. The Morgan fingerprint density at radius 1 is 0.889 bits per heavy atom. The summed E-state index contributed by atoms with van der Waals surface area (Å²) in [5.74, 6) is -2.57. The van der Waals surface area contributed by atoms with Gasteiger partial charge in [0.15, 0.2) is 0 Å². The van der Waals surface area contributed by atoms with E-state index in [1.807, 2.05) is 0 Å². The summed E-state index contributed by atoms with van der Waals surface area (Å²) in [6.45, 7) is 1.57. The van der Waals surface area contributed by atoms with Crippen LogP contribution in [-0.2, 0) is 9.53 Å². The van der Waals surface area contributed by atoms with E-state index in [9.17, 15) is 25.2 Å². The van der Waals surface area contributed by atoms with Crippen LogP contribution < -0.4 is 0 Å². The number of aliphatic hydroxyl groups is 5. The van der Waals surface area contributed by atoms with Crippen molar-refractivity contribution in [3.8, 4) is 0 Å². The molecule has 0 saturated carbocycles. The third kappa shape index (κ3) is 8.13. The lowest BCUT2D eigenvalue weighted by Gasteiger charge is -2.45. The summed E-state index contributed by atoms with van der Waals surface area (Å²) in [6.07, 6.45) is 5.03. The van der Waals surface area contributed by atoms with Gasteiger partial charge in [0.05, 0.1) is 13.0 Å². The number of carbonyl (C=O) groups excluding carboxylic acids is 1. The summed E-state index contributed by atoms with van der Waals surface area (Å²) in [7, 11) is 0. The van der Waals surface area contributed by atoms with Crippen LogP contribution in [0.5, 0.6) is 0 Å². The summed E-state index contributed by atoms with van der Waals surface area (Å²) < 4.78 is 5.11. The number of Topliss-reactive ketones (excluding diaryl/α,β-unsaturated/α-hetero) is 1. The van der Waals surface area contributed by atoms with Gasteiger partial charge in [-0.15, -0.1) is 0 Å². The highest BCUT2D eigenvalue weighted by Crippen LogP contribution is 2.31. The minimum absolute atomic E-state index is 0.261. The van der Waals surface area contributed by atoms with Gasteiger partial charge >= 0.3 is 0 Å². The van der Waals surface area contributed by atoms with Crippen LogP contribution in [0.3, 0.4) is 0 Å². The Balaban J connectivity index is 2.22. The van der Waals surface area contributed by atoms with Crippen LogP contribution in [0, 0.1) is 0 Å². The summed E-state index contributed by atoms with van der Waals surface area (Å²) in [5, 5.41) is 49.0. The van der Waals surface area contributed by atoms with Gasteiger partial charge in [-0.2, -0.15) is 0 Å². The van der Waals surface area contributed by atoms with E-state index in [1.54, 1.807) is 0 Å². The highest BCUT2D eigenvalue weighted by Gasteiger charge is 2.53. The Bertz CT molecular complexity index is 415. The zero-order valence-electron chi connectivity index (χ0n) is 16.6. The van der Waals surface area contributed by atoms with Gasteiger partial charge in [0.1, 0.15) is 30.2 Å². The maximum atomic E-state index is 12.1. The lowest BCUT2D eigenvalue weighted by atomic mass is 9.89. The number of unbranched alkanes of at least 4 members (excludes halogenated alkanes) is 9. The van der Waals surface area contributed by atoms with Gasteiger partial charge in [-0.05, 0) is 6.42 Å². The van der Waals surface area contributed by atoms with E-state index in [0.29, 0.717) is 6.42 Å². The second kappa shape index (κ2) is 12.8. The van der Waals surface area contributed by atoms with Crippen molar-refractivity contribution in [2.45, 2.75) is 114 Å². The molecule has 0 aromatic heterocycles. The van der Waals surface area contributed by atoms with Gasteiger partial charge in [-0.25, -0.2) is 0 Å². The largest absolute Gasteiger partial charge is 0.394 e. The van der Waals surface area contributed by atoms with E-state index in [4.69, 9.17) is 9.84 Å². The molecule has 1 aliphatic rings. The fraction of sp³-hybridized carbons (Fsp3) is 0.950. The lowest BCUT2D eigenvalue weighted by molar-refractivity contribution is -0.347. The van der Waals surface area contributed by atoms with Crippen molar-refractivity contribution >= 4 is 5.78 Å². The van der Waals surface area contributed by atoms with Crippen molar-refractivity contribution in [1.82, 2.24) is 0 Å². The molecule has 0 radical (unpaired) electrons. The fourth-order valence-electron chi connectivity index (χ4n) is 3.55. The number of aliphatic hydroxyl groups excluding tert-OH is 4. The van der Waals surface area contributed by atoms with Gasteiger partial charge in [0, 0.05) is 6.42 Å². The van der Waals surface area contributed by atoms with E-state index in [0.717, 1.165) is 19.3 Å². The third-order valence-corrected chi connectivity index (χ3v) is 5.31. The Morgan fingerprint density at radius 3 is 1.93 bits per heavy atom. The molecule has 1 fully saturated rings. The summed E-state index contributed by atoms with van der Waals surface area (Å²) in [5.41, 5.74) is 0. The number of hydrogen-bond donors (Lipinski definition) is 5. The first kappa shape index (κ1) is 24.5. The van der Waals surface area contributed by atoms with E-state index in [1.165, 1.54) is 38.5 Å². The normalized spacial score (nSPS) is 31.2. The first-order valence-corrected chi connectivity index (χ1v) is 10.4. The molecule has 1 aliphatic heterocycles. The zero-order chi connectivity index (χ0) is 20.3. The van der Waals surface area contributed by atoms with Crippen molar-refractivity contribution in [3.05, 3.63) is 0 Å². The average molecular weight is 391 g/mol. The van der Waals surface area contributed by atoms with Crippen LogP contribution in [0.25, 0.3) is 0 Å². The average Bonchev–Trinajstić information content (AvgIpc) is 2.64. The minimum Gasteiger partial charge on any atom is -0.394 e. The molecule has 0 bridgehead atoms. The van der Waals surface area contributed by atoms with Crippen molar-refractivity contribution < 1.29 is 35.1 Å². The first-order chi connectivity index (χ1) is 12.9. The molecule has 0 amide bonds. The second-order valence-corrected chi connectivity index (χ2v) is 7.76. The van der Waals surface area contributed by atoms with Crippen LogP contribution in [0.15, 0.2) is 0 Å². The molecule has 5 N–H and O–H groups in total. The number of rotatable bonds is 14. The molecule has 27 heavy (non-hydrogen) atoms. The number of carbonyl (C=O) groups is 1. The van der Waals surface area contributed by atoms with Gasteiger partial charge in [-0.3, -0.25) is 4.79 Å². The van der Waals surface area contributed by atoms with Crippen LogP contribution in [0.2, 0.25) is 0 Å². The Hall–Kier alpha value is -0.570. The molecule has 7 heteroatoms. The predicted molar refractivity (Wildman–Crippen MR) is 101 cm³/mol. The Labute approximate surface area is 162 Å². The van der Waals surface area contributed by atoms with Crippen molar-refractivity contribution in [2.75, 3.05) is 6.61 Å². The van der Waals surface area contributed by atoms with E-state index >= 15 is 0 Å². The molecular formula is C20H38O7. The quantitative estimate of drug-likeness (QED) is 0.284. The highest BCUT2D eigenvalue weighted by atomic mass is 16.7. The van der Waals surface area contributed by atoms with E-state index in [2.05, 4.69) is 6.92 Å². The summed E-state index contributed by atoms with van der Waals surface area (Å²) >= 11 is 0. The topological polar surface area (TPSA) is 127 Å². The SMILES string of the molecule is CCCCCCCCCCCCC(=O)C[C@@]1(O)O[C@H](CO)[C@H](O)[C@H](O)[C@H]1O. The Morgan fingerprint density at radius 2 is 1.41 bits per heavy atom. The van der Waals surface area contributed by atoms with Gasteiger partial charge in [0.25, 0.3) is 0 Å². The predicted octanol–water partition coefficient (Wildman–Crippen LogP) is 1.42. The van der Waals surface area contributed by atoms with Crippen LogP contribution in [-0.4, -0.2) is 68.1 Å². The monoisotopic (exact) mass is 390 g/mol. The molecule has 0 spiro atoms. The maximum Gasteiger partial charge on any atom is 0.202 e. The molecule has 1 heterocycles. The van der Waals surface area contributed by atoms with Gasteiger partial charge in [0.2, 0.25) is 5.79 Å². The molecule has 1 rings (SSSR count). The number of ether oxygens (including phenoxy) is 1. The van der Waals surface area contributed by atoms with Gasteiger partial charge < -0.3 is 30.3 Å². The summed E-state index contributed by atoms with van der Waals surface area (Å²) in [4.78, 5) is 12.1. The molecule has 0 unspecified atom stereocenters. The Kier molecular flexibility index (Phi) is 11.6. The van der Waals surface area contributed by atoms with Crippen LogP contribution >= 0.6 is 0 Å². The van der Waals surface area contributed by atoms with E-state index in [-0.39, 0.29) is 12.2 Å². The van der Waals surface area contributed by atoms with Crippen molar-refractivity contribution in [1.29, 1.82) is 0 Å². The maximum absolute atomic E-state index is 12.1. The minimum atomic E-state index is -2.29. The first-order valence-electron chi connectivity index (χ1n) is 10.4. The highest BCUT2D eigenvalue weighted by molar-refractivity contribution is 5.79. The van der Waals surface area contributed by atoms with Crippen LogP contribution in [0.4, 0.5) is 0 Å². The summed E-state index contributed by atoms with van der Waals surface area (Å²) in [6, 6.07) is 0. The van der Waals surface area contributed by atoms with Gasteiger partial charge in [-0.1, -0.05) is 64.7 Å². The second-order valence-electron chi connectivity index (χ2n) is 7.76.